The van der Waals surface area contributed by atoms with E-state index in [0.717, 1.165) is 0 Å². The molecule has 216 valence electrons. The van der Waals surface area contributed by atoms with Crippen LogP contribution < -0.4 is 9.80 Å². The van der Waals surface area contributed by atoms with Gasteiger partial charge in [-0.25, -0.2) is 0 Å². The molecule has 3 aromatic rings. The fourth-order valence-electron chi connectivity index (χ4n) is 4.68. The zero-order valence-electron chi connectivity index (χ0n) is 24.4. The summed E-state index contributed by atoms with van der Waals surface area (Å²) in [6, 6.07) is 22.6. The van der Waals surface area contributed by atoms with Crippen molar-refractivity contribution in [1.82, 2.24) is 0 Å². The second-order valence-electron chi connectivity index (χ2n) is 10.8. The molecule has 0 unspecified atom stereocenters. The van der Waals surface area contributed by atoms with Crippen molar-refractivity contribution in [3.05, 3.63) is 114 Å². The minimum atomic E-state index is -0.106. The number of para-hydroxylation sites is 2. The summed E-state index contributed by atoms with van der Waals surface area (Å²) in [4.78, 5) is 4.65. The molecule has 3 nitrogen and oxygen atoms in total. The van der Waals surface area contributed by atoms with Crippen molar-refractivity contribution in [2.45, 2.75) is 79.1 Å². The average Bonchev–Trinajstić information content (AvgIpc) is 3.38. The maximum absolute atomic E-state index is 7.00. The number of nitrogens with one attached hydrogen (secondary N) is 1. The molecule has 0 fully saturated rings. The first-order valence-corrected chi connectivity index (χ1v) is 17.5. The van der Waals surface area contributed by atoms with Gasteiger partial charge in [-0.1, -0.05) is 122 Å². The van der Waals surface area contributed by atoms with Crippen LogP contribution in [0.3, 0.4) is 0 Å². The van der Waals surface area contributed by atoms with E-state index < -0.39 is 0 Å². The van der Waals surface area contributed by atoms with Crippen molar-refractivity contribution >= 4 is 36.1 Å². The van der Waals surface area contributed by atoms with Gasteiger partial charge in [-0.15, -0.1) is 12.4 Å². The molecule has 39 heavy (non-hydrogen) atoms. The number of rotatable bonds is 6. The summed E-state index contributed by atoms with van der Waals surface area (Å²) < 4.78 is 0. The normalized spacial score (nSPS) is 12.8. The summed E-state index contributed by atoms with van der Waals surface area (Å²) in [7, 11) is 9.63. The quantitative estimate of drug-likeness (QED) is 0.195. The van der Waals surface area contributed by atoms with E-state index in [4.69, 9.17) is 24.8 Å². The van der Waals surface area contributed by atoms with Crippen LogP contribution in [0.25, 0.3) is 5.73 Å². The Morgan fingerprint density at radius 3 is 1.10 bits per heavy atom. The van der Waals surface area contributed by atoms with Gasteiger partial charge in [-0.05, 0) is 58.3 Å². The van der Waals surface area contributed by atoms with Crippen molar-refractivity contribution in [3.8, 4) is 0 Å². The first kappa shape index (κ1) is 33.2. The number of hydrogen-bond donors (Lipinski definition) is 0. The van der Waals surface area contributed by atoms with Crippen LogP contribution in [-0.2, 0) is 15.9 Å². The van der Waals surface area contributed by atoms with Crippen LogP contribution in [0.4, 0.5) is 17.1 Å². The molecule has 0 amide bonds. The first-order valence-electron chi connectivity index (χ1n) is 13.5. The van der Waals surface area contributed by atoms with Crippen LogP contribution in [0.15, 0.2) is 79.1 Å². The van der Waals surface area contributed by atoms with E-state index >= 15 is 0 Å². The number of halogens is 2. The molecule has 3 aromatic carbocycles. The van der Waals surface area contributed by atoms with Crippen LogP contribution in [0.2, 0.25) is 0 Å². The predicted octanol–water partition coefficient (Wildman–Crippen LogP) is 11.8. The molecular formula is C33H43Cl2N3Pd-2. The largest absolute Gasteiger partial charge is 0.699 e. The summed E-state index contributed by atoms with van der Waals surface area (Å²) in [6.07, 6.45) is 4.43. The Morgan fingerprint density at radius 1 is 0.564 bits per heavy atom. The van der Waals surface area contributed by atoms with Gasteiger partial charge in [0.05, 0.1) is 0 Å². The molecule has 0 saturated carbocycles. The van der Waals surface area contributed by atoms with E-state index in [0.29, 0.717) is 29.4 Å². The molecular weight excluding hydrogens is 616 g/mol. The summed E-state index contributed by atoms with van der Waals surface area (Å²) in [5.41, 5.74) is 15.9. The summed E-state index contributed by atoms with van der Waals surface area (Å²) in [5.74, 6) is 1.92. The fraction of sp³-hybridized carbons (Fsp3) is 0.364. The summed E-state index contributed by atoms with van der Waals surface area (Å²) in [5, 5.41) is 0. The third-order valence-corrected chi connectivity index (χ3v) is 6.61. The maximum Gasteiger partial charge on any atom is -0.0624 e. The van der Waals surface area contributed by atoms with E-state index in [1.165, 1.54) is 33.6 Å². The van der Waals surface area contributed by atoms with Gasteiger partial charge < -0.3 is 15.5 Å². The van der Waals surface area contributed by atoms with Crippen molar-refractivity contribution in [1.29, 1.82) is 0 Å². The molecule has 1 heterocycles. The fourth-order valence-corrected chi connectivity index (χ4v) is 4.68. The summed E-state index contributed by atoms with van der Waals surface area (Å²) >= 11 is -0.106. The Balaban J connectivity index is 0.000000450. The Morgan fingerprint density at radius 2 is 0.872 bits per heavy atom. The second kappa shape index (κ2) is 16.3. The van der Waals surface area contributed by atoms with E-state index in [9.17, 15) is 0 Å². The molecule has 1 aliphatic heterocycles. The van der Waals surface area contributed by atoms with E-state index in [1.54, 1.807) is 12.1 Å². The Labute approximate surface area is 253 Å². The summed E-state index contributed by atoms with van der Waals surface area (Å²) in [6.45, 7) is 20.5. The molecule has 0 aliphatic carbocycles. The molecule has 0 atom stereocenters. The smallest absolute Gasteiger partial charge is 0.0624 e. The van der Waals surface area contributed by atoms with Crippen molar-refractivity contribution in [2.24, 2.45) is 0 Å². The minimum absolute atomic E-state index is 0.106. The Hall–Kier alpha value is -1.96. The van der Waals surface area contributed by atoms with Gasteiger partial charge in [0.1, 0.15) is 0 Å². The van der Waals surface area contributed by atoms with Gasteiger partial charge in [0.15, 0.2) is 0 Å². The van der Waals surface area contributed by atoms with Gasteiger partial charge in [-0.2, -0.15) is 0 Å². The van der Waals surface area contributed by atoms with E-state index in [1.807, 2.05) is 18.2 Å². The van der Waals surface area contributed by atoms with E-state index in [2.05, 4.69) is 121 Å². The van der Waals surface area contributed by atoms with Gasteiger partial charge in [0.25, 0.3) is 0 Å². The molecule has 0 bridgehead atoms. The molecule has 0 spiro atoms. The zero-order valence-corrected chi connectivity index (χ0v) is 27.4. The number of nitrogens with zero attached hydrogens (tertiary/aromatic N) is 2. The van der Waals surface area contributed by atoms with Crippen LogP contribution >= 0.6 is 19.1 Å². The molecule has 0 radical (unpaired) electrons. The molecule has 0 aromatic heterocycles. The molecule has 6 heteroatoms. The third kappa shape index (κ3) is 9.29. The Kier molecular flexibility index (Phi) is 13.9. The monoisotopic (exact) mass is 657 g/mol. The predicted molar refractivity (Wildman–Crippen MR) is 170 cm³/mol. The van der Waals surface area contributed by atoms with Crippen LogP contribution in [-0.4, -0.2) is 0 Å². The van der Waals surface area contributed by atoms with Crippen molar-refractivity contribution in [3.63, 3.8) is 0 Å². The van der Waals surface area contributed by atoms with Crippen molar-refractivity contribution in [2.75, 3.05) is 9.80 Å². The van der Waals surface area contributed by atoms with Crippen LogP contribution in [0.5, 0.6) is 0 Å². The van der Waals surface area contributed by atoms with Gasteiger partial charge in [0, 0.05) is 11.4 Å². The number of hydrogen-bond acceptors (Lipinski definition) is 2. The van der Waals surface area contributed by atoms with Crippen LogP contribution in [0.1, 0.15) is 101 Å². The molecule has 4 rings (SSSR count). The molecule has 1 N–H and O–H groups in total. The van der Waals surface area contributed by atoms with Crippen LogP contribution in [0, 0.1) is 6.67 Å². The average molecular weight is 659 g/mol. The third-order valence-electron chi connectivity index (χ3n) is 6.61. The van der Waals surface area contributed by atoms with Crippen molar-refractivity contribution < 1.29 is 15.9 Å². The second-order valence-corrected chi connectivity index (χ2v) is 13.2. The number of anilines is 2. The Bertz CT molecular complexity index is 1050. The maximum atomic E-state index is 7.00. The topological polar surface area (TPSA) is 30.3 Å². The number of benzene rings is 3. The van der Waals surface area contributed by atoms with E-state index in [-0.39, 0.29) is 15.9 Å². The standard InChI is InChI=1S/C27H37N2.C6H6N.2ClH.Pd/c1-18(2)22-11-9-12-23(19(3)4)26(22)28-15-16-29(17-28)27-24(20(5)6)13-10-14-25(27)21(7)8;7-6-4-2-1-3-5-6;;;/h9-21H,1-8H3;1-5,7H;2*1H;/q2*-1;;;+2/p-2. The van der Waals surface area contributed by atoms with Gasteiger partial charge in [-0.3, -0.25) is 0 Å². The first-order chi connectivity index (χ1) is 18.5. The molecule has 1 aliphatic rings. The van der Waals surface area contributed by atoms with Gasteiger partial charge >= 0.3 is 35.0 Å². The zero-order chi connectivity index (χ0) is 29.1. The molecule has 0 saturated heterocycles. The SMILES string of the molecule is CC(C)c1cccc(C(C)C)c1N1C=CN(c2c(C(C)C)cccc2C(C)C)[CH-]1.[Cl][Pd][Cl].[NH-]c1ccccc1. The van der Waals surface area contributed by atoms with Gasteiger partial charge in [0.2, 0.25) is 0 Å². The minimum Gasteiger partial charge on any atom is -0.699 e.